The second-order valence-corrected chi connectivity index (χ2v) is 10.6. The lowest BCUT2D eigenvalue weighted by Crippen LogP contribution is -2.35. The number of fused-ring (bicyclic) bond motifs is 2. The SMILES string of the molecule is Cc1c(/C=C2\C(=N)N3N=C(COc4ccccc4)SC3=NC2=O)c2ccccc2n1CCOc1ccc(Cl)cc1. The highest BCUT2D eigenvalue weighted by atomic mass is 35.5. The minimum atomic E-state index is -0.466. The summed E-state index contributed by atoms with van der Waals surface area (Å²) in [4.78, 5) is 17.3. The average molecular weight is 570 g/mol. The van der Waals surface area contributed by atoms with Crippen LogP contribution in [0.4, 0.5) is 0 Å². The van der Waals surface area contributed by atoms with Crippen LogP contribution in [0.3, 0.4) is 0 Å². The molecule has 6 rings (SSSR count). The third-order valence-electron chi connectivity index (χ3n) is 6.57. The van der Waals surface area contributed by atoms with E-state index in [9.17, 15) is 4.79 Å². The molecule has 1 aromatic heterocycles. The molecule has 200 valence electrons. The molecule has 1 N–H and O–H groups in total. The lowest BCUT2D eigenvalue weighted by atomic mass is 10.1. The number of amides is 1. The van der Waals surface area contributed by atoms with E-state index >= 15 is 0 Å². The van der Waals surface area contributed by atoms with Crippen molar-refractivity contribution in [1.82, 2.24) is 9.58 Å². The van der Waals surface area contributed by atoms with Gasteiger partial charge in [0.2, 0.25) is 5.17 Å². The number of nitrogens with zero attached hydrogens (tertiary/aromatic N) is 4. The first-order chi connectivity index (χ1) is 19.5. The predicted molar refractivity (Wildman–Crippen MR) is 161 cm³/mol. The van der Waals surface area contributed by atoms with Gasteiger partial charge in [-0.2, -0.15) is 15.1 Å². The molecule has 0 bridgehead atoms. The Bertz CT molecular complexity index is 1710. The highest BCUT2D eigenvalue weighted by Crippen LogP contribution is 2.32. The molecular formula is C30H24ClN5O3S. The van der Waals surface area contributed by atoms with Gasteiger partial charge in [0, 0.05) is 27.2 Å². The first-order valence-corrected chi connectivity index (χ1v) is 13.8. The molecule has 3 aromatic carbocycles. The zero-order valence-electron chi connectivity index (χ0n) is 21.5. The molecule has 0 saturated heterocycles. The van der Waals surface area contributed by atoms with Crippen molar-refractivity contribution in [3.05, 3.63) is 101 Å². The molecule has 0 fully saturated rings. The monoisotopic (exact) mass is 569 g/mol. The number of carbonyl (C=O) groups is 1. The molecule has 0 radical (unpaired) electrons. The summed E-state index contributed by atoms with van der Waals surface area (Å²) in [5.41, 5.74) is 3.01. The number of aromatic nitrogens is 1. The number of ether oxygens (including phenoxy) is 2. The van der Waals surface area contributed by atoms with Gasteiger partial charge in [-0.1, -0.05) is 48.0 Å². The lowest BCUT2D eigenvalue weighted by Gasteiger charge is -2.20. The summed E-state index contributed by atoms with van der Waals surface area (Å²) in [6.45, 7) is 3.27. The highest BCUT2D eigenvalue weighted by Gasteiger charge is 2.36. The van der Waals surface area contributed by atoms with Crippen molar-refractivity contribution in [1.29, 1.82) is 5.41 Å². The second-order valence-electron chi connectivity index (χ2n) is 9.09. The topological polar surface area (TPSA) is 92.3 Å². The van der Waals surface area contributed by atoms with Gasteiger partial charge in [0.15, 0.2) is 5.84 Å². The van der Waals surface area contributed by atoms with E-state index in [-0.39, 0.29) is 18.0 Å². The van der Waals surface area contributed by atoms with E-state index in [2.05, 4.69) is 14.7 Å². The molecule has 2 aliphatic rings. The van der Waals surface area contributed by atoms with Gasteiger partial charge in [-0.3, -0.25) is 10.2 Å². The molecular weight excluding hydrogens is 546 g/mol. The Balaban J connectivity index is 1.25. The van der Waals surface area contributed by atoms with Crippen LogP contribution in [0.1, 0.15) is 11.3 Å². The summed E-state index contributed by atoms with van der Waals surface area (Å²) in [7, 11) is 0. The summed E-state index contributed by atoms with van der Waals surface area (Å²) < 4.78 is 13.9. The Morgan fingerprint density at radius 2 is 1.70 bits per heavy atom. The maximum atomic E-state index is 13.1. The fourth-order valence-corrected chi connectivity index (χ4v) is 5.53. The Labute approximate surface area is 240 Å². The number of carbonyl (C=O) groups excluding carboxylic acids is 1. The van der Waals surface area contributed by atoms with Crippen LogP contribution >= 0.6 is 23.4 Å². The molecule has 3 heterocycles. The fourth-order valence-electron chi connectivity index (χ4n) is 4.61. The molecule has 2 aliphatic heterocycles. The maximum absolute atomic E-state index is 13.1. The number of nitrogens with one attached hydrogen (secondary N) is 1. The van der Waals surface area contributed by atoms with Crippen LogP contribution in [-0.2, 0) is 11.3 Å². The smallest absolute Gasteiger partial charge is 0.283 e. The van der Waals surface area contributed by atoms with Crippen molar-refractivity contribution >= 4 is 62.3 Å². The minimum Gasteiger partial charge on any atom is -0.492 e. The van der Waals surface area contributed by atoms with Crippen LogP contribution in [0.25, 0.3) is 17.0 Å². The number of halogens is 1. The molecule has 0 atom stereocenters. The van der Waals surface area contributed by atoms with Crippen molar-refractivity contribution in [3.8, 4) is 11.5 Å². The third kappa shape index (κ3) is 5.13. The van der Waals surface area contributed by atoms with Crippen LogP contribution in [0, 0.1) is 12.3 Å². The molecule has 8 nitrogen and oxygen atoms in total. The van der Waals surface area contributed by atoms with Gasteiger partial charge in [0.1, 0.15) is 29.8 Å². The minimum absolute atomic E-state index is 0.0143. The number of hydrogen-bond acceptors (Lipinski definition) is 6. The second kappa shape index (κ2) is 11.0. The summed E-state index contributed by atoms with van der Waals surface area (Å²) in [6.07, 6.45) is 1.75. The molecule has 10 heteroatoms. The zero-order chi connectivity index (χ0) is 27.6. The quantitative estimate of drug-likeness (QED) is 0.249. The van der Waals surface area contributed by atoms with Gasteiger partial charge < -0.3 is 14.0 Å². The summed E-state index contributed by atoms with van der Waals surface area (Å²) in [6, 6.07) is 24.7. The van der Waals surface area contributed by atoms with Crippen LogP contribution in [0.2, 0.25) is 5.02 Å². The number of rotatable bonds is 8. The van der Waals surface area contributed by atoms with Crippen LogP contribution in [0.5, 0.6) is 11.5 Å². The van der Waals surface area contributed by atoms with Crippen molar-refractivity contribution < 1.29 is 14.3 Å². The molecule has 4 aromatic rings. The highest BCUT2D eigenvalue weighted by molar-refractivity contribution is 8.27. The van der Waals surface area contributed by atoms with Gasteiger partial charge in [-0.05, 0) is 67.2 Å². The van der Waals surface area contributed by atoms with Gasteiger partial charge in [0.25, 0.3) is 5.91 Å². The average Bonchev–Trinajstić information content (AvgIpc) is 3.50. The van der Waals surface area contributed by atoms with Crippen LogP contribution < -0.4 is 9.47 Å². The van der Waals surface area contributed by atoms with Gasteiger partial charge in [0.05, 0.1) is 12.1 Å². The molecule has 0 saturated carbocycles. The van der Waals surface area contributed by atoms with Crippen LogP contribution in [-0.4, -0.2) is 44.7 Å². The van der Waals surface area contributed by atoms with E-state index in [1.54, 1.807) is 18.2 Å². The predicted octanol–water partition coefficient (Wildman–Crippen LogP) is 6.38. The number of benzene rings is 3. The molecule has 1 amide bonds. The fraction of sp³-hybridized carbons (Fsp3) is 0.133. The van der Waals surface area contributed by atoms with Crippen LogP contribution in [0.15, 0.2) is 94.5 Å². The standard InChI is InChI=1S/C30H24ClN5O3S/c1-19-24(23-9-5-6-10-26(23)35(19)15-16-38-22-13-11-20(31)12-14-22)17-25-28(32)36-30(33-29(25)37)40-27(34-36)18-39-21-7-3-2-4-8-21/h2-14,17,32H,15-16,18H2,1H3/b25-17+,32-28?. The molecule has 40 heavy (non-hydrogen) atoms. The Morgan fingerprint density at radius 1 is 0.975 bits per heavy atom. The van der Waals surface area contributed by atoms with E-state index in [4.69, 9.17) is 26.5 Å². The number of aliphatic imine (C=N–C) groups is 1. The molecule has 0 unspecified atom stereocenters. The first-order valence-electron chi connectivity index (χ1n) is 12.6. The van der Waals surface area contributed by atoms with Gasteiger partial charge in [-0.15, -0.1) is 0 Å². The summed E-state index contributed by atoms with van der Waals surface area (Å²) >= 11 is 7.21. The van der Waals surface area contributed by atoms with Crippen molar-refractivity contribution in [3.63, 3.8) is 0 Å². The number of thioether (sulfide) groups is 1. The number of hydrogen-bond donors (Lipinski definition) is 1. The van der Waals surface area contributed by atoms with E-state index in [0.717, 1.165) is 33.7 Å². The molecule has 0 aliphatic carbocycles. The van der Waals surface area contributed by atoms with Gasteiger partial charge in [-0.25, -0.2) is 0 Å². The Hall–Kier alpha value is -4.34. The van der Waals surface area contributed by atoms with Crippen molar-refractivity contribution in [2.24, 2.45) is 10.1 Å². The lowest BCUT2D eigenvalue weighted by molar-refractivity contribution is -0.114. The number of hydrazone groups is 1. The van der Waals surface area contributed by atoms with Crippen molar-refractivity contribution in [2.75, 3.05) is 13.2 Å². The first kappa shape index (κ1) is 25.9. The number of amidine groups is 2. The molecule has 0 spiro atoms. The maximum Gasteiger partial charge on any atom is 0.283 e. The Morgan fingerprint density at radius 3 is 2.50 bits per heavy atom. The van der Waals surface area contributed by atoms with E-state index < -0.39 is 5.91 Å². The van der Waals surface area contributed by atoms with Crippen molar-refractivity contribution in [2.45, 2.75) is 13.5 Å². The van der Waals surface area contributed by atoms with Gasteiger partial charge >= 0.3 is 0 Å². The summed E-state index contributed by atoms with van der Waals surface area (Å²) in [5, 5.41) is 17.3. The van der Waals surface area contributed by atoms with E-state index in [1.807, 2.05) is 73.7 Å². The Kier molecular flexibility index (Phi) is 7.15. The summed E-state index contributed by atoms with van der Waals surface area (Å²) in [5.74, 6) is 0.981. The largest absolute Gasteiger partial charge is 0.492 e. The normalized spacial score (nSPS) is 15.8. The third-order valence-corrected chi connectivity index (χ3v) is 7.70. The number of para-hydroxylation sites is 2. The van der Waals surface area contributed by atoms with E-state index in [1.165, 1.54) is 16.8 Å². The van der Waals surface area contributed by atoms with E-state index in [0.29, 0.717) is 28.4 Å². The zero-order valence-corrected chi connectivity index (χ0v) is 23.1.